The van der Waals surface area contributed by atoms with Gasteiger partial charge in [-0.25, -0.2) is 0 Å². The van der Waals surface area contributed by atoms with E-state index in [0.29, 0.717) is 13.2 Å². The third kappa shape index (κ3) is 3.94. The molecule has 0 spiro atoms. The number of amides is 1. The van der Waals surface area contributed by atoms with Gasteiger partial charge in [0, 0.05) is 19.3 Å². The molecule has 5 heteroatoms. The van der Waals surface area contributed by atoms with Gasteiger partial charge in [0.2, 0.25) is 5.91 Å². The summed E-state index contributed by atoms with van der Waals surface area (Å²) in [4.78, 5) is 16.4. The molecular weight excluding hydrogens is 316 g/mol. The maximum absolute atomic E-state index is 12.7. The number of anilines is 1. The summed E-state index contributed by atoms with van der Waals surface area (Å²) in [6.45, 7) is 3.01. The van der Waals surface area contributed by atoms with Crippen molar-refractivity contribution >= 4 is 11.6 Å². The fourth-order valence-electron chi connectivity index (χ4n) is 2.88. The third-order valence-corrected chi connectivity index (χ3v) is 4.55. The number of carbonyl (C=O) groups is 1. The molecule has 3 rings (SSSR count). The van der Waals surface area contributed by atoms with Crippen molar-refractivity contribution < 1.29 is 14.3 Å². The van der Waals surface area contributed by atoms with Gasteiger partial charge in [0.05, 0.1) is 6.04 Å². The van der Waals surface area contributed by atoms with Crippen molar-refractivity contribution in [2.24, 2.45) is 0 Å². The van der Waals surface area contributed by atoms with E-state index in [1.165, 1.54) is 0 Å². The lowest BCUT2D eigenvalue weighted by Crippen LogP contribution is -2.49. The van der Waals surface area contributed by atoms with E-state index in [2.05, 4.69) is 0 Å². The molecule has 1 amide bonds. The van der Waals surface area contributed by atoms with Gasteiger partial charge in [-0.15, -0.1) is 0 Å². The number of carbonyl (C=O) groups excluding carboxylic acids is 1. The van der Waals surface area contributed by atoms with Crippen LogP contribution in [-0.2, 0) is 4.79 Å². The van der Waals surface area contributed by atoms with Crippen molar-refractivity contribution in [3.8, 4) is 11.5 Å². The van der Waals surface area contributed by atoms with Crippen LogP contribution in [0.1, 0.15) is 6.92 Å². The zero-order chi connectivity index (χ0) is 17.8. The molecule has 0 aromatic heterocycles. The summed E-state index contributed by atoms with van der Waals surface area (Å²) in [5.74, 6) is 1.58. The van der Waals surface area contributed by atoms with E-state index in [9.17, 15) is 4.79 Å². The number of hydrogen-bond acceptors (Lipinski definition) is 4. The SMILES string of the molecule is C[C@H](C(=O)N(C)c1ccccc1)N(C)C[C@@H]1COc2ccccc2O1. The third-order valence-electron chi connectivity index (χ3n) is 4.55. The molecule has 2 atom stereocenters. The molecule has 1 aliphatic rings. The molecule has 0 fully saturated rings. The topological polar surface area (TPSA) is 42.0 Å². The normalized spacial score (nSPS) is 17.2. The van der Waals surface area contributed by atoms with Crippen molar-refractivity contribution in [2.45, 2.75) is 19.1 Å². The first kappa shape index (κ1) is 17.3. The second-order valence-corrected chi connectivity index (χ2v) is 6.35. The Hall–Kier alpha value is -2.53. The smallest absolute Gasteiger partial charge is 0.243 e. The molecule has 1 aliphatic heterocycles. The van der Waals surface area contributed by atoms with E-state index in [0.717, 1.165) is 17.2 Å². The average molecular weight is 340 g/mol. The molecule has 0 radical (unpaired) electrons. The summed E-state index contributed by atoms with van der Waals surface area (Å²) in [7, 11) is 3.74. The van der Waals surface area contributed by atoms with Crippen LogP contribution in [0.4, 0.5) is 5.69 Å². The number of fused-ring (bicyclic) bond motifs is 1. The number of ether oxygens (including phenoxy) is 2. The van der Waals surface area contributed by atoms with E-state index < -0.39 is 0 Å². The highest BCUT2D eigenvalue weighted by molar-refractivity contribution is 5.96. The van der Waals surface area contributed by atoms with Gasteiger partial charge in [0.15, 0.2) is 11.5 Å². The summed E-state index contributed by atoms with van der Waals surface area (Å²) in [6.07, 6.45) is -0.0998. The molecule has 0 N–H and O–H groups in total. The first-order chi connectivity index (χ1) is 12.1. The lowest BCUT2D eigenvalue weighted by atomic mass is 10.2. The zero-order valence-electron chi connectivity index (χ0n) is 14.9. The van der Waals surface area contributed by atoms with Gasteiger partial charge in [0.25, 0.3) is 0 Å². The highest BCUT2D eigenvalue weighted by Crippen LogP contribution is 2.31. The van der Waals surface area contributed by atoms with Crippen LogP contribution in [0.5, 0.6) is 11.5 Å². The Morgan fingerprint density at radius 2 is 1.72 bits per heavy atom. The van der Waals surface area contributed by atoms with Crippen molar-refractivity contribution in [3.63, 3.8) is 0 Å². The molecule has 0 saturated carbocycles. The molecule has 2 aromatic rings. The Morgan fingerprint density at radius 3 is 2.44 bits per heavy atom. The second-order valence-electron chi connectivity index (χ2n) is 6.35. The summed E-state index contributed by atoms with van der Waals surface area (Å²) in [5.41, 5.74) is 0.888. The van der Waals surface area contributed by atoms with Crippen LogP contribution in [0.15, 0.2) is 54.6 Å². The van der Waals surface area contributed by atoms with Crippen LogP contribution in [0, 0.1) is 0 Å². The Kier molecular flexibility index (Phi) is 5.24. The average Bonchev–Trinajstić information content (AvgIpc) is 2.66. The molecule has 1 heterocycles. The molecule has 0 aliphatic carbocycles. The molecule has 0 bridgehead atoms. The predicted octanol–water partition coefficient (Wildman–Crippen LogP) is 2.81. The van der Waals surface area contributed by atoms with Crippen molar-refractivity contribution in [1.29, 1.82) is 0 Å². The van der Waals surface area contributed by atoms with Gasteiger partial charge < -0.3 is 14.4 Å². The van der Waals surface area contributed by atoms with Crippen LogP contribution < -0.4 is 14.4 Å². The fraction of sp³-hybridized carbons (Fsp3) is 0.350. The van der Waals surface area contributed by atoms with Crippen LogP contribution >= 0.6 is 0 Å². The molecule has 25 heavy (non-hydrogen) atoms. The standard InChI is InChI=1S/C20H24N2O3/c1-15(20(23)22(3)16-9-5-4-6-10-16)21(2)13-17-14-24-18-11-7-8-12-19(18)25-17/h4-12,15,17H,13-14H2,1-3H3/t15-,17-/m1/s1. The van der Waals surface area contributed by atoms with Gasteiger partial charge in [0.1, 0.15) is 12.7 Å². The number of para-hydroxylation sites is 3. The summed E-state index contributed by atoms with van der Waals surface area (Å²) in [5, 5.41) is 0. The number of likely N-dealkylation sites (N-methyl/N-ethyl adjacent to an activating group) is 2. The second kappa shape index (κ2) is 7.57. The van der Waals surface area contributed by atoms with Gasteiger partial charge in [-0.2, -0.15) is 0 Å². The van der Waals surface area contributed by atoms with E-state index in [4.69, 9.17) is 9.47 Å². The van der Waals surface area contributed by atoms with Gasteiger partial charge >= 0.3 is 0 Å². The van der Waals surface area contributed by atoms with Crippen molar-refractivity contribution in [1.82, 2.24) is 4.90 Å². The Bertz CT molecular complexity index is 720. The number of nitrogens with zero attached hydrogens (tertiary/aromatic N) is 2. The maximum atomic E-state index is 12.7. The van der Waals surface area contributed by atoms with Crippen LogP contribution in [0.3, 0.4) is 0 Å². The minimum Gasteiger partial charge on any atom is -0.486 e. The highest BCUT2D eigenvalue weighted by atomic mass is 16.6. The fourth-order valence-corrected chi connectivity index (χ4v) is 2.88. The Morgan fingerprint density at radius 1 is 1.08 bits per heavy atom. The number of hydrogen-bond donors (Lipinski definition) is 0. The van der Waals surface area contributed by atoms with Gasteiger partial charge in [-0.05, 0) is 38.2 Å². The van der Waals surface area contributed by atoms with Gasteiger partial charge in [-0.1, -0.05) is 30.3 Å². The minimum atomic E-state index is -0.258. The summed E-state index contributed by atoms with van der Waals surface area (Å²) < 4.78 is 11.7. The lowest BCUT2D eigenvalue weighted by molar-refractivity contribution is -0.123. The van der Waals surface area contributed by atoms with E-state index in [1.807, 2.05) is 73.5 Å². The number of rotatable bonds is 5. The summed E-state index contributed by atoms with van der Waals surface area (Å²) >= 11 is 0. The van der Waals surface area contributed by atoms with Gasteiger partial charge in [-0.3, -0.25) is 9.69 Å². The largest absolute Gasteiger partial charge is 0.486 e. The van der Waals surface area contributed by atoms with E-state index in [-0.39, 0.29) is 18.1 Å². The maximum Gasteiger partial charge on any atom is 0.243 e. The molecule has 0 saturated heterocycles. The highest BCUT2D eigenvalue weighted by Gasteiger charge is 2.27. The molecule has 5 nitrogen and oxygen atoms in total. The molecule has 0 unspecified atom stereocenters. The van der Waals surface area contributed by atoms with Crippen molar-refractivity contribution in [2.75, 3.05) is 32.1 Å². The first-order valence-corrected chi connectivity index (χ1v) is 8.47. The number of benzene rings is 2. The van der Waals surface area contributed by atoms with Crippen molar-refractivity contribution in [3.05, 3.63) is 54.6 Å². The van der Waals surface area contributed by atoms with E-state index >= 15 is 0 Å². The minimum absolute atomic E-state index is 0.0471. The monoisotopic (exact) mass is 340 g/mol. The molecule has 2 aromatic carbocycles. The molecular formula is C20H24N2O3. The van der Waals surface area contributed by atoms with Crippen LogP contribution in [0.2, 0.25) is 0 Å². The Labute approximate surface area is 148 Å². The predicted molar refractivity (Wildman–Crippen MR) is 98.3 cm³/mol. The molecule has 132 valence electrons. The van der Waals surface area contributed by atoms with Crippen LogP contribution in [-0.4, -0.2) is 50.2 Å². The first-order valence-electron chi connectivity index (χ1n) is 8.47. The lowest BCUT2D eigenvalue weighted by Gasteiger charge is -2.33. The Balaban J connectivity index is 1.59. The van der Waals surface area contributed by atoms with Crippen LogP contribution in [0.25, 0.3) is 0 Å². The zero-order valence-corrected chi connectivity index (χ0v) is 14.9. The van der Waals surface area contributed by atoms with E-state index in [1.54, 1.807) is 11.9 Å². The quantitative estimate of drug-likeness (QED) is 0.839. The summed E-state index contributed by atoms with van der Waals surface area (Å²) in [6, 6.07) is 17.1.